The van der Waals surface area contributed by atoms with Gasteiger partial charge in [-0.05, 0) is 43.5 Å². The van der Waals surface area contributed by atoms with Crippen molar-refractivity contribution in [1.29, 1.82) is 0 Å². The maximum absolute atomic E-state index is 13.1. The van der Waals surface area contributed by atoms with E-state index in [-0.39, 0.29) is 5.91 Å². The van der Waals surface area contributed by atoms with Crippen LogP contribution in [0.3, 0.4) is 0 Å². The first-order valence-electron chi connectivity index (χ1n) is 9.00. The minimum Gasteiger partial charge on any atom is -0.463 e. The van der Waals surface area contributed by atoms with Crippen LogP contribution in [0.5, 0.6) is 0 Å². The third-order valence-corrected chi connectivity index (χ3v) is 5.18. The summed E-state index contributed by atoms with van der Waals surface area (Å²) in [6.45, 7) is 3.66. The molecule has 2 aliphatic rings. The van der Waals surface area contributed by atoms with Gasteiger partial charge in [0.05, 0.1) is 17.6 Å². The van der Waals surface area contributed by atoms with E-state index >= 15 is 0 Å². The van der Waals surface area contributed by atoms with E-state index in [4.69, 9.17) is 4.42 Å². The summed E-state index contributed by atoms with van der Waals surface area (Å²) in [5.74, 6) is 0.590. The highest BCUT2D eigenvalue weighted by Crippen LogP contribution is 2.42. The van der Waals surface area contributed by atoms with Crippen LogP contribution in [-0.2, 0) is 0 Å². The average molecular weight is 348 g/mol. The number of H-pyrrole nitrogens is 1. The number of fused-ring (bicyclic) bond motifs is 1. The number of hydrogen-bond acceptors (Lipinski definition) is 4. The lowest BCUT2D eigenvalue weighted by molar-refractivity contribution is 0.0981. The third-order valence-electron chi connectivity index (χ3n) is 5.18. The number of nitrogens with zero attached hydrogens (tertiary/aromatic N) is 3. The molecule has 132 valence electrons. The molecule has 6 nitrogen and oxygen atoms in total. The smallest absolute Gasteiger partial charge is 0.278 e. The predicted molar refractivity (Wildman–Crippen MR) is 99.5 cm³/mol. The molecule has 1 amide bonds. The standard InChI is InChI=1S/C20H20N4O2/c1-13-4-2-5-17-19(13)23(14-7-8-14)9-10-24(17)20(25)16-12-15(21-22-16)18-6-3-11-26-18/h2-6,11-12,14H,7-10H2,1H3,(H,21,22). The van der Waals surface area contributed by atoms with Crippen LogP contribution in [0.2, 0.25) is 0 Å². The first kappa shape index (κ1) is 15.3. The van der Waals surface area contributed by atoms with Crippen molar-refractivity contribution >= 4 is 17.3 Å². The zero-order chi connectivity index (χ0) is 17.7. The van der Waals surface area contributed by atoms with Gasteiger partial charge in [-0.3, -0.25) is 9.89 Å². The van der Waals surface area contributed by atoms with Crippen LogP contribution in [0, 0.1) is 6.92 Å². The van der Waals surface area contributed by atoms with Crippen LogP contribution >= 0.6 is 0 Å². The maximum atomic E-state index is 13.1. The fourth-order valence-electron chi connectivity index (χ4n) is 3.76. The van der Waals surface area contributed by atoms with Gasteiger partial charge in [-0.25, -0.2) is 0 Å². The van der Waals surface area contributed by atoms with Crippen LogP contribution in [0.25, 0.3) is 11.5 Å². The normalized spacial score (nSPS) is 16.7. The molecule has 0 bridgehead atoms. The lowest BCUT2D eigenvalue weighted by Gasteiger charge is -2.38. The van der Waals surface area contributed by atoms with Crippen molar-refractivity contribution in [2.75, 3.05) is 22.9 Å². The Morgan fingerprint density at radius 1 is 1.23 bits per heavy atom. The summed E-state index contributed by atoms with van der Waals surface area (Å²) in [5, 5.41) is 7.12. The molecular formula is C20H20N4O2. The number of aromatic amines is 1. The Morgan fingerprint density at radius 3 is 2.88 bits per heavy atom. The van der Waals surface area contributed by atoms with Gasteiger partial charge in [0.1, 0.15) is 5.69 Å². The minimum atomic E-state index is -0.0821. The summed E-state index contributed by atoms with van der Waals surface area (Å²) in [5.41, 5.74) is 4.50. The highest BCUT2D eigenvalue weighted by molar-refractivity contribution is 6.08. The Hall–Kier alpha value is -3.02. The third kappa shape index (κ3) is 2.41. The molecule has 1 aliphatic carbocycles. The summed E-state index contributed by atoms with van der Waals surface area (Å²) < 4.78 is 5.37. The van der Waals surface area contributed by atoms with Gasteiger partial charge >= 0.3 is 0 Å². The molecule has 3 aromatic rings. The molecule has 1 saturated carbocycles. The number of aryl methyl sites for hydroxylation is 1. The van der Waals surface area contributed by atoms with Crippen LogP contribution in [0.4, 0.5) is 11.4 Å². The zero-order valence-corrected chi connectivity index (χ0v) is 14.6. The largest absolute Gasteiger partial charge is 0.463 e. The first-order chi connectivity index (χ1) is 12.7. The second kappa shape index (κ2) is 5.76. The van der Waals surface area contributed by atoms with Crippen molar-refractivity contribution in [2.24, 2.45) is 0 Å². The van der Waals surface area contributed by atoms with Gasteiger partial charge in [0.25, 0.3) is 5.91 Å². The van der Waals surface area contributed by atoms with E-state index in [2.05, 4.69) is 28.1 Å². The van der Waals surface area contributed by atoms with E-state index in [1.165, 1.54) is 24.1 Å². The molecule has 0 radical (unpaired) electrons. The number of hydrogen-bond donors (Lipinski definition) is 1. The number of amides is 1. The number of aromatic nitrogens is 2. The topological polar surface area (TPSA) is 65.4 Å². The number of carbonyl (C=O) groups is 1. The molecule has 1 N–H and O–H groups in total. The Kier molecular flexibility index (Phi) is 3.38. The summed E-state index contributed by atoms with van der Waals surface area (Å²) >= 11 is 0. The lowest BCUT2D eigenvalue weighted by Crippen LogP contribution is -2.45. The van der Waals surface area contributed by atoms with Crippen molar-refractivity contribution in [1.82, 2.24) is 10.2 Å². The van der Waals surface area contributed by atoms with E-state index in [1.54, 1.807) is 12.3 Å². The number of benzene rings is 1. The van der Waals surface area contributed by atoms with E-state index in [0.717, 1.165) is 12.2 Å². The molecule has 2 aromatic heterocycles. The van der Waals surface area contributed by atoms with Crippen molar-refractivity contribution in [3.63, 3.8) is 0 Å². The molecule has 0 atom stereocenters. The molecule has 3 heterocycles. The monoisotopic (exact) mass is 348 g/mol. The quantitative estimate of drug-likeness (QED) is 0.785. The number of nitrogens with one attached hydrogen (secondary N) is 1. The molecule has 26 heavy (non-hydrogen) atoms. The molecule has 0 unspecified atom stereocenters. The fourth-order valence-corrected chi connectivity index (χ4v) is 3.76. The van der Waals surface area contributed by atoms with Crippen LogP contribution < -0.4 is 9.80 Å². The Bertz CT molecular complexity index is 956. The van der Waals surface area contributed by atoms with E-state index < -0.39 is 0 Å². The number of furan rings is 1. The van der Waals surface area contributed by atoms with E-state index in [1.807, 2.05) is 29.2 Å². The number of anilines is 2. The van der Waals surface area contributed by atoms with Crippen molar-refractivity contribution in [3.05, 3.63) is 53.9 Å². The predicted octanol–water partition coefficient (Wildman–Crippen LogP) is 3.61. The van der Waals surface area contributed by atoms with Gasteiger partial charge in [0.2, 0.25) is 0 Å². The van der Waals surface area contributed by atoms with E-state index in [9.17, 15) is 4.79 Å². The highest BCUT2D eigenvalue weighted by Gasteiger charge is 2.36. The zero-order valence-electron chi connectivity index (χ0n) is 14.6. The van der Waals surface area contributed by atoms with Crippen LogP contribution in [0.1, 0.15) is 28.9 Å². The van der Waals surface area contributed by atoms with Gasteiger partial charge in [0.15, 0.2) is 11.5 Å². The first-order valence-corrected chi connectivity index (χ1v) is 9.00. The molecule has 0 spiro atoms. The molecule has 1 aliphatic heterocycles. The molecule has 6 heteroatoms. The lowest BCUT2D eigenvalue weighted by atomic mass is 10.1. The SMILES string of the molecule is Cc1cccc2c1N(C1CC1)CCN2C(=O)c1cc(-c2ccco2)[nH]n1. The fraction of sp³-hybridized carbons (Fsp3) is 0.300. The summed E-state index contributed by atoms with van der Waals surface area (Å²) in [7, 11) is 0. The molecule has 5 rings (SSSR count). The average Bonchev–Trinajstić information content (AvgIpc) is 3.14. The van der Waals surface area contributed by atoms with Crippen molar-refractivity contribution in [2.45, 2.75) is 25.8 Å². The van der Waals surface area contributed by atoms with Gasteiger partial charge in [0, 0.05) is 25.2 Å². The summed E-state index contributed by atoms with van der Waals surface area (Å²) in [4.78, 5) is 17.5. The van der Waals surface area contributed by atoms with Crippen LogP contribution in [-0.4, -0.2) is 35.2 Å². The highest BCUT2D eigenvalue weighted by atomic mass is 16.3. The molecule has 1 aromatic carbocycles. The van der Waals surface area contributed by atoms with Crippen LogP contribution in [0.15, 0.2) is 47.1 Å². The Balaban J connectivity index is 1.49. The van der Waals surface area contributed by atoms with Gasteiger partial charge in [-0.2, -0.15) is 5.10 Å². The van der Waals surface area contributed by atoms with Gasteiger partial charge < -0.3 is 14.2 Å². The Morgan fingerprint density at radius 2 is 2.12 bits per heavy atom. The number of rotatable bonds is 3. The number of para-hydroxylation sites is 1. The van der Waals surface area contributed by atoms with Crippen molar-refractivity contribution in [3.8, 4) is 11.5 Å². The van der Waals surface area contributed by atoms with Crippen molar-refractivity contribution < 1.29 is 9.21 Å². The maximum Gasteiger partial charge on any atom is 0.278 e. The van der Waals surface area contributed by atoms with E-state index in [0.29, 0.717) is 29.7 Å². The van der Waals surface area contributed by atoms with Gasteiger partial charge in [-0.1, -0.05) is 12.1 Å². The summed E-state index contributed by atoms with van der Waals surface area (Å²) in [6, 6.07) is 12.2. The van der Waals surface area contributed by atoms with Gasteiger partial charge in [-0.15, -0.1) is 0 Å². The second-order valence-corrected chi connectivity index (χ2v) is 6.97. The molecule has 1 fully saturated rings. The second-order valence-electron chi connectivity index (χ2n) is 6.97. The number of carbonyl (C=O) groups excluding carboxylic acids is 1. The summed E-state index contributed by atoms with van der Waals surface area (Å²) in [6.07, 6.45) is 4.09. The molecular weight excluding hydrogens is 328 g/mol. The Labute approximate surface area is 151 Å². The minimum absolute atomic E-state index is 0.0821. The molecule has 0 saturated heterocycles.